The van der Waals surface area contributed by atoms with Crippen LogP contribution in [0.3, 0.4) is 0 Å². The zero-order chi connectivity index (χ0) is 19.1. The van der Waals surface area contributed by atoms with Crippen molar-refractivity contribution in [3.8, 4) is 10.4 Å². The second-order valence-corrected chi connectivity index (χ2v) is 9.99. The van der Waals surface area contributed by atoms with Gasteiger partial charge in [-0.15, -0.1) is 32.9 Å². The molecular weight excluding hydrogens is 410 g/mol. The number of aromatic amines is 1. The molecule has 0 saturated heterocycles. The van der Waals surface area contributed by atoms with Crippen LogP contribution in [0, 0.1) is 0 Å². The van der Waals surface area contributed by atoms with Crippen LogP contribution in [0.15, 0.2) is 32.8 Å². The monoisotopic (exact) mass is 429 g/mol. The second kappa shape index (κ2) is 7.46. The highest BCUT2D eigenvalue weighted by atomic mass is 32.2. The zero-order valence-corrected chi connectivity index (χ0v) is 17.8. The number of aromatic nitrogens is 5. The van der Waals surface area contributed by atoms with E-state index in [0.29, 0.717) is 11.2 Å². The molecule has 5 heterocycles. The Morgan fingerprint density at radius 3 is 3.04 bits per heavy atom. The molecule has 0 aliphatic carbocycles. The van der Waals surface area contributed by atoms with Gasteiger partial charge in [-0.1, -0.05) is 24.2 Å². The summed E-state index contributed by atoms with van der Waals surface area (Å²) in [4.78, 5) is 22.5. The van der Waals surface area contributed by atoms with Crippen LogP contribution in [0.4, 0.5) is 0 Å². The lowest BCUT2D eigenvalue weighted by atomic mass is 10.2. The summed E-state index contributed by atoms with van der Waals surface area (Å²) in [6, 6.07) is 4.04. The van der Waals surface area contributed by atoms with Gasteiger partial charge in [-0.3, -0.25) is 4.79 Å². The minimum Gasteiger partial charge on any atom is -0.309 e. The molecular formula is C19H19N5OS3. The zero-order valence-electron chi connectivity index (χ0n) is 15.3. The van der Waals surface area contributed by atoms with Gasteiger partial charge in [0.2, 0.25) is 0 Å². The largest absolute Gasteiger partial charge is 0.309 e. The summed E-state index contributed by atoms with van der Waals surface area (Å²) in [5.41, 5.74) is 0.899. The number of nitrogens with zero attached hydrogens (tertiary/aromatic N) is 4. The number of hydrogen-bond donors (Lipinski definition) is 1. The van der Waals surface area contributed by atoms with Gasteiger partial charge >= 0.3 is 0 Å². The van der Waals surface area contributed by atoms with Crippen LogP contribution in [0.1, 0.15) is 43.1 Å². The van der Waals surface area contributed by atoms with Crippen LogP contribution in [-0.4, -0.2) is 24.7 Å². The molecule has 0 radical (unpaired) electrons. The van der Waals surface area contributed by atoms with E-state index in [1.165, 1.54) is 24.2 Å². The summed E-state index contributed by atoms with van der Waals surface area (Å²) in [5, 5.41) is 14.4. The number of hydrogen-bond acceptors (Lipinski definition) is 7. The van der Waals surface area contributed by atoms with E-state index in [1.807, 2.05) is 22.9 Å². The molecule has 1 N–H and O–H groups in total. The maximum absolute atomic E-state index is 12.8. The Morgan fingerprint density at radius 2 is 2.18 bits per heavy atom. The summed E-state index contributed by atoms with van der Waals surface area (Å²) in [5.74, 6) is 1.76. The molecule has 6 nitrogen and oxygen atoms in total. The van der Waals surface area contributed by atoms with Gasteiger partial charge in [0, 0.05) is 28.8 Å². The van der Waals surface area contributed by atoms with E-state index in [0.717, 1.165) is 45.6 Å². The lowest BCUT2D eigenvalue weighted by Crippen LogP contribution is -2.12. The SMILES string of the molecule is CC(Sc1nnc2n1CCCCC2)c1nc2scc(-c3cccs3)c2c(=O)[nH]1. The maximum atomic E-state index is 12.8. The molecule has 28 heavy (non-hydrogen) atoms. The van der Waals surface area contributed by atoms with E-state index < -0.39 is 0 Å². The minimum absolute atomic E-state index is 0.0130. The molecule has 9 heteroatoms. The third-order valence-electron chi connectivity index (χ3n) is 4.99. The quantitative estimate of drug-likeness (QED) is 0.468. The van der Waals surface area contributed by atoms with Gasteiger partial charge in [-0.2, -0.15) is 0 Å². The molecule has 1 aliphatic heterocycles. The number of thioether (sulfide) groups is 1. The third kappa shape index (κ3) is 3.21. The van der Waals surface area contributed by atoms with Gasteiger partial charge in [-0.05, 0) is 31.2 Å². The first-order valence-electron chi connectivity index (χ1n) is 9.35. The molecule has 4 aromatic rings. The number of aryl methyl sites for hydroxylation is 1. The van der Waals surface area contributed by atoms with Gasteiger partial charge in [0.25, 0.3) is 5.56 Å². The van der Waals surface area contributed by atoms with Crippen molar-refractivity contribution in [1.29, 1.82) is 0 Å². The molecule has 1 aliphatic rings. The molecule has 0 fully saturated rings. The molecule has 0 saturated carbocycles. The summed E-state index contributed by atoms with van der Waals surface area (Å²) >= 11 is 4.77. The van der Waals surface area contributed by atoms with Crippen molar-refractivity contribution in [2.45, 2.75) is 49.6 Å². The Bertz CT molecular complexity index is 1170. The minimum atomic E-state index is -0.0721. The summed E-state index contributed by atoms with van der Waals surface area (Å²) in [6.45, 7) is 3.02. The highest BCUT2D eigenvalue weighted by Gasteiger charge is 2.21. The van der Waals surface area contributed by atoms with Gasteiger partial charge in [0.15, 0.2) is 5.16 Å². The Labute approximate surface area is 174 Å². The number of fused-ring (bicyclic) bond motifs is 2. The van der Waals surface area contributed by atoms with Gasteiger partial charge in [0.1, 0.15) is 16.5 Å². The molecule has 144 valence electrons. The lowest BCUT2D eigenvalue weighted by Gasteiger charge is -2.11. The Morgan fingerprint density at radius 1 is 1.25 bits per heavy atom. The van der Waals surface area contributed by atoms with Crippen molar-refractivity contribution in [1.82, 2.24) is 24.7 Å². The van der Waals surface area contributed by atoms with Crippen molar-refractivity contribution >= 4 is 44.7 Å². The first-order valence-corrected chi connectivity index (χ1v) is 12.0. The van der Waals surface area contributed by atoms with Gasteiger partial charge in [0.05, 0.1) is 10.6 Å². The Hall–Kier alpha value is -1.97. The van der Waals surface area contributed by atoms with E-state index in [4.69, 9.17) is 4.98 Å². The fraction of sp³-hybridized carbons (Fsp3) is 0.368. The fourth-order valence-electron chi connectivity index (χ4n) is 3.53. The predicted octanol–water partition coefficient (Wildman–Crippen LogP) is 4.88. The summed E-state index contributed by atoms with van der Waals surface area (Å²) in [6.07, 6.45) is 4.56. The van der Waals surface area contributed by atoms with Crippen molar-refractivity contribution in [2.24, 2.45) is 0 Å². The first-order chi connectivity index (χ1) is 13.7. The van der Waals surface area contributed by atoms with E-state index in [-0.39, 0.29) is 10.8 Å². The Kier molecular flexibility index (Phi) is 4.82. The van der Waals surface area contributed by atoms with E-state index >= 15 is 0 Å². The van der Waals surface area contributed by atoms with Crippen LogP contribution in [-0.2, 0) is 13.0 Å². The molecule has 0 amide bonds. The Balaban J connectivity index is 1.47. The van der Waals surface area contributed by atoms with E-state index in [1.54, 1.807) is 23.1 Å². The number of rotatable bonds is 4. The molecule has 0 spiro atoms. The predicted molar refractivity (Wildman–Crippen MR) is 115 cm³/mol. The smallest absolute Gasteiger partial charge is 0.260 e. The fourth-order valence-corrected chi connectivity index (χ4v) is 6.25. The van der Waals surface area contributed by atoms with E-state index in [9.17, 15) is 4.79 Å². The lowest BCUT2D eigenvalue weighted by molar-refractivity contribution is 0.590. The van der Waals surface area contributed by atoms with Crippen molar-refractivity contribution in [3.05, 3.63) is 44.9 Å². The standard InChI is InChI=1S/C19H19N5OS3/c1-11(28-19-23-22-14-7-3-2-4-8-24(14)19)16-20-17(25)15-12(10-27-18(15)21-16)13-6-5-9-26-13/h5-6,9-11H,2-4,7-8H2,1H3,(H,20,21,25). The van der Waals surface area contributed by atoms with Crippen molar-refractivity contribution < 1.29 is 0 Å². The van der Waals surface area contributed by atoms with Crippen molar-refractivity contribution in [2.75, 3.05) is 0 Å². The van der Waals surface area contributed by atoms with Crippen LogP contribution in [0.5, 0.6) is 0 Å². The van der Waals surface area contributed by atoms with Gasteiger partial charge < -0.3 is 9.55 Å². The topological polar surface area (TPSA) is 76.5 Å². The molecule has 5 rings (SSSR count). The number of thiophene rings is 2. The normalized spacial score (nSPS) is 15.5. The average Bonchev–Trinajstić information content (AvgIpc) is 3.39. The van der Waals surface area contributed by atoms with Crippen LogP contribution < -0.4 is 5.56 Å². The maximum Gasteiger partial charge on any atom is 0.260 e. The molecule has 0 bridgehead atoms. The summed E-state index contributed by atoms with van der Waals surface area (Å²) < 4.78 is 2.23. The average molecular weight is 430 g/mol. The highest BCUT2D eigenvalue weighted by molar-refractivity contribution is 7.99. The first kappa shape index (κ1) is 18.1. The number of H-pyrrole nitrogens is 1. The highest BCUT2D eigenvalue weighted by Crippen LogP contribution is 2.36. The van der Waals surface area contributed by atoms with Crippen molar-refractivity contribution in [3.63, 3.8) is 0 Å². The number of nitrogens with one attached hydrogen (secondary N) is 1. The second-order valence-electron chi connectivity index (χ2n) is 6.88. The summed E-state index contributed by atoms with van der Waals surface area (Å²) in [7, 11) is 0. The van der Waals surface area contributed by atoms with Gasteiger partial charge in [-0.25, -0.2) is 4.98 Å². The van der Waals surface area contributed by atoms with Crippen LogP contribution >= 0.6 is 34.4 Å². The third-order valence-corrected chi connectivity index (χ3v) is 7.86. The molecule has 1 atom stereocenters. The van der Waals surface area contributed by atoms with Crippen LogP contribution in [0.25, 0.3) is 20.7 Å². The molecule has 0 aromatic carbocycles. The van der Waals surface area contributed by atoms with Crippen LogP contribution in [0.2, 0.25) is 0 Å². The van der Waals surface area contributed by atoms with E-state index in [2.05, 4.69) is 26.7 Å². The molecule has 1 unspecified atom stereocenters. The molecule has 4 aromatic heterocycles.